The Kier molecular flexibility index (Phi) is 3.44. The number of hydrazone groups is 1. The molecule has 0 aromatic rings. The zero-order valence-electron chi connectivity index (χ0n) is 6.97. The number of rotatable bonds is 3. The maximum absolute atomic E-state index is 9.80. The van der Waals surface area contributed by atoms with Crippen molar-refractivity contribution in [3.8, 4) is 0 Å². The van der Waals surface area contributed by atoms with Crippen molar-refractivity contribution in [2.24, 2.45) is 11.0 Å². The summed E-state index contributed by atoms with van der Waals surface area (Å²) in [4.78, 5) is 9.80. The number of hydrogen-bond acceptors (Lipinski definition) is 3. The Bertz CT molecular complexity index is 212. The highest BCUT2D eigenvalue weighted by Crippen LogP contribution is 2.10. The summed E-state index contributed by atoms with van der Waals surface area (Å²) >= 11 is 0. The first-order chi connectivity index (χ1) is 6.18. The monoisotopic (exact) mass is 189 g/mol. The molecule has 7 heteroatoms. The first kappa shape index (κ1) is 9.72. The Balaban J connectivity index is 2.21. The fraction of sp³-hybridized carbons (Fsp3) is 0.833. The van der Waals surface area contributed by atoms with Crippen molar-refractivity contribution in [3.05, 3.63) is 10.1 Å². The van der Waals surface area contributed by atoms with E-state index in [0.717, 1.165) is 6.42 Å². The largest absolute Gasteiger partial charge is 0.477 e. The zero-order chi connectivity index (χ0) is 9.68. The molecule has 0 aliphatic carbocycles. The van der Waals surface area contributed by atoms with Crippen molar-refractivity contribution < 1.29 is 14.9 Å². The van der Waals surface area contributed by atoms with Gasteiger partial charge in [-0.1, -0.05) is 0 Å². The molecular weight excluding hydrogens is 178 g/mol. The van der Waals surface area contributed by atoms with Crippen LogP contribution in [0.2, 0.25) is 0 Å². The molecule has 0 bridgehead atoms. The lowest BCUT2D eigenvalue weighted by Gasteiger charge is -2.06. The highest BCUT2D eigenvalue weighted by Gasteiger charge is 2.16. The van der Waals surface area contributed by atoms with Crippen molar-refractivity contribution in [1.29, 1.82) is 0 Å². The van der Waals surface area contributed by atoms with Crippen molar-refractivity contribution in [1.82, 2.24) is 5.32 Å². The normalized spacial score (nSPS) is 23.1. The van der Waals surface area contributed by atoms with E-state index >= 15 is 0 Å². The summed E-state index contributed by atoms with van der Waals surface area (Å²) in [6.07, 6.45) is 0.902. The van der Waals surface area contributed by atoms with Crippen LogP contribution in [-0.4, -0.2) is 35.9 Å². The van der Waals surface area contributed by atoms with Crippen LogP contribution >= 0.6 is 0 Å². The fourth-order valence-electron chi connectivity index (χ4n) is 1.09. The minimum Gasteiger partial charge on any atom is -0.477 e. The number of nitrogens with zero attached hydrogens (tertiary/aromatic N) is 2. The number of hydrogen-bond donors (Lipinski definition) is 2. The van der Waals surface area contributed by atoms with E-state index in [0.29, 0.717) is 25.7 Å². The third-order valence-corrected chi connectivity index (χ3v) is 1.75. The van der Waals surface area contributed by atoms with Gasteiger partial charge >= 0.3 is 6.02 Å². The average Bonchev–Trinajstić information content (AvgIpc) is 2.51. The van der Waals surface area contributed by atoms with Crippen molar-refractivity contribution in [3.63, 3.8) is 0 Å². The van der Waals surface area contributed by atoms with E-state index in [1.165, 1.54) is 0 Å². The van der Waals surface area contributed by atoms with Gasteiger partial charge in [0.1, 0.15) is 5.10 Å². The van der Waals surface area contributed by atoms with E-state index in [2.05, 4.69) is 10.4 Å². The molecule has 1 heterocycles. The van der Waals surface area contributed by atoms with Crippen LogP contribution in [0.15, 0.2) is 5.10 Å². The second kappa shape index (κ2) is 4.61. The van der Waals surface area contributed by atoms with Crippen LogP contribution in [0.25, 0.3) is 0 Å². The maximum atomic E-state index is 9.80. The molecule has 7 nitrogen and oxygen atoms in total. The maximum Gasteiger partial charge on any atom is 0.356 e. The lowest BCUT2D eigenvalue weighted by Crippen LogP contribution is -2.29. The van der Waals surface area contributed by atoms with Crippen LogP contribution < -0.4 is 5.32 Å². The van der Waals surface area contributed by atoms with Crippen LogP contribution in [0.3, 0.4) is 0 Å². The summed E-state index contributed by atoms with van der Waals surface area (Å²) in [6, 6.07) is -0.656. The van der Waals surface area contributed by atoms with Crippen molar-refractivity contribution >= 4 is 6.02 Å². The zero-order valence-corrected chi connectivity index (χ0v) is 6.97. The Labute approximate surface area is 74.5 Å². The van der Waals surface area contributed by atoms with E-state index in [1.807, 2.05) is 0 Å². The summed E-state index contributed by atoms with van der Waals surface area (Å²) in [5.41, 5.74) is 0. The molecule has 0 amide bonds. The summed E-state index contributed by atoms with van der Waals surface area (Å²) in [7, 11) is 0. The molecule has 1 fully saturated rings. The average molecular weight is 189 g/mol. The van der Waals surface area contributed by atoms with E-state index in [1.54, 1.807) is 0 Å². The van der Waals surface area contributed by atoms with E-state index in [-0.39, 0.29) is 0 Å². The SMILES string of the molecule is O=[N+]([O-])N=C(O)NCC1CCOC1. The third-order valence-electron chi connectivity index (χ3n) is 1.75. The Morgan fingerprint density at radius 2 is 2.62 bits per heavy atom. The van der Waals surface area contributed by atoms with Gasteiger partial charge in [-0.3, -0.25) is 0 Å². The Morgan fingerprint density at radius 1 is 1.85 bits per heavy atom. The van der Waals surface area contributed by atoms with Crippen LogP contribution in [0, 0.1) is 16.0 Å². The minimum absolute atomic E-state index is 0.295. The number of nitrogens with one attached hydrogen (secondary N) is 1. The van der Waals surface area contributed by atoms with Gasteiger partial charge < -0.3 is 15.2 Å². The van der Waals surface area contributed by atoms with E-state index in [4.69, 9.17) is 9.84 Å². The first-order valence-corrected chi connectivity index (χ1v) is 3.92. The lowest BCUT2D eigenvalue weighted by molar-refractivity contribution is -0.486. The van der Waals surface area contributed by atoms with Crippen LogP contribution in [0.1, 0.15) is 6.42 Å². The molecule has 1 saturated heterocycles. The third kappa shape index (κ3) is 3.70. The molecule has 1 atom stereocenters. The van der Waals surface area contributed by atoms with E-state index < -0.39 is 11.1 Å². The van der Waals surface area contributed by atoms with Gasteiger partial charge in [-0.2, -0.15) is 0 Å². The van der Waals surface area contributed by atoms with Gasteiger partial charge in [0, 0.05) is 19.1 Å². The van der Waals surface area contributed by atoms with Gasteiger partial charge in [0.15, 0.2) is 5.03 Å². The Morgan fingerprint density at radius 3 is 3.15 bits per heavy atom. The molecule has 74 valence electrons. The highest BCUT2D eigenvalue weighted by molar-refractivity contribution is 5.70. The predicted molar refractivity (Wildman–Crippen MR) is 44.0 cm³/mol. The molecule has 0 radical (unpaired) electrons. The van der Waals surface area contributed by atoms with Gasteiger partial charge in [-0.25, -0.2) is 10.1 Å². The molecule has 0 saturated carbocycles. The lowest BCUT2D eigenvalue weighted by atomic mass is 10.1. The topological polar surface area (TPSA) is 97.0 Å². The van der Waals surface area contributed by atoms with Gasteiger partial charge in [-0.15, -0.1) is 0 Å². The second-order valence-corrected chi connectivity index (χ2v) is 2.77. The van der Waals surface area contributed by atoms with Gasteiger partial charge in [0.05, 0.1) is 6.61 Å². The minimum atomic E-state index is -0.951. The quantitative estimate of drug-likeness (QED) is 0.275. The predicted octanol–water partition coefficient (Wildman–Crippen LogP) is -0.282. The van der Waals surface area contributed by atoms with Crippen LogP contribution in [0.4, 0.5) is 0 Å². The second-order valence-electron chi connectivity index (χ2n) is 2.77. The summed E-state index contributed by atoms with van der Waals surface area (Å²) in [5, 5.41) is 22.8. The van der Waals surface area contributed by atoms with Gasteiger partial charge in [0.25, 0.3) is 0 Å². The molecule has 0 spiro atoms. The number of ether oxygens (including phenoxy) is 1. The molecule has 0 aromatic heterocycles. The summed E-state index contributed by atoms with van der Waals surface area (Å²) in [6.45, 7) is 1.78. The number of aliphatic hydroxyl groups is 1. The van der Waals surface area contributed by atoms with Gasteiger partial charge in [-0.05, 0) is 6.42 Å². The molecule has 1 aliphatic heterocycles. The molecule has 0 aromatic carbocycles. The smallest absolute Gasteiger partial charge is 0.356 e. The molecule has 1 rings (SSSR count). The molecular formula is C6H11N3O4. The first-order valence-electron chi connectivity index (χ1n) is 3.92. The molecule has 1 aliphatic rings. The fourth-order valence-corrected chi connectivity index (χ4v) is 1.09. The number of amidine groups is 1. The molecule has 1 unspecified atom stereocenters. The van der Waals surface area contributed by atoms with Crippen LogP contribution in [0.5, 0.6) is 0 Å². The highest BCUT2D eigenvalue weighted by atomic mass is 16.7. The summed E-state index contributed by atoms with van der Waals surface area (Å²) in [5.74, 6) is 0.295. The standard InChI is InChI=1S/C6H11N3O4/c10-6(8-9(11)12)7-3-5-1-2-13-4-5/h5H,1-4H2,(H2,7,8,10). The number of aliphatic hydroxyl groups excluding tert-OH is 1. The van der Waals surface area contributed by atoms with Crippen molar-refractivity contribution in [2.45, 2.75) is 6.42 Å². The molecule has 13 heavy (non-hydrogen) atoms. The van der Waals surface area contributed by atoms with Crippen molar-refractivity contribution in [2.75, 3.05) is 19.8 Å². The Hall–Kier alpha value is -1.37. The van der Waals surface area contributed by atoms with E-state index in [9.17, 15) is 10.1 Å². The number of nitro groups is 1. The molecule has 2 N–H and O–H groups in total. The van der Waals surface area contributed by atoms with Crippen LogP contribution in [-0.2, 0) is 4.74 Å². The van der Waals surface area contributed by atoms with Gasteiger partial charge in [0.2, 0.25) is 0 Å². The summed E-state index contributed by atoms with van der Waals surface area (Å²) < 4.78 is 5.08.